The number of hydrogen-bond donors (Lipinski definition) is 0. The van der Waals surface area contributed by atoms with Crippen LogP contribution in [0.4, 0.5) is 17.1 Å². The Kier molecular flexibility index (Phi) is 6.89. The van der Waals surface area contributed by atoms with Crippen LogP contribution in [0.5, 0.6) is 5.75 Å². The number of non-ortho nitro benzene ring substituents is 1. The molecular formula is C35H27N3O7. The molecule has 4 aromatic carbocycles. The Morgan fingerprint density at radius 1 is 0.822 bits per heavy atom. The third-order valence-electron chi connectivity index (χ3n) is 8.71. The highest BCUT2D eigenvalue weighted by atomic mass is 16.6. The Balaban J connectivity index is 1.33. The Morgan fingerprint density at radius 2 is 1.44 bits per heavy atom. The van der Waals surface area contributed by atoms with Crippen LogP contribution in [0.25, 0.3) is 6.08 Å². The molecule has 10 heteroatoms. The number of hydrogen-bond acceptors (Lipinski definition) is 8. The lowest BCUT2D eigenvalue weighted by Gasteiger charge is -2.36. The predicted octanol–water partition coefficient (Wildman–Crippen LogP) is 5.33. The average Bonchev–Trinajstić information content (AvgIpc) is 3.56. The van der Waals surface area contributed by atoms with E-state index in [0.717, 1.165) is 27.7 Å². The van der Waals surface area contributed by atoms with Crippen LogP contribution in [0.15, 0.2) is 109 Å². The van der Waals surface area contributed by atoms with Gasteiger partial charge in [0.05, 0.1) is 29.9 Å². The lowest BCUT2D eigenvalue weighted by atomic mass is 9.88. The number of carbonyl (C=O) groups excluding carboxylic acids is 3. The minimum Gasteiger partial charge on any atom is -0.495 e. The zero-order valence-electron chi connectivity index (χ0n) is 24.1. The zero-order chi connectivity index (χ0) is 31.2. The second-order valence-electron chi connectivity index (χ2n) is 11.1. The molecule has 0 radical (unpaired) electrons. The maximum absolute atomic E-state index is 14.5. The highest BCUT2D eigenvalue weighted by Crippen LogP contribution is 2.51. The van der Waals surface area contributed by atoms with Gasteiger partial charge in [-0.3, -0.25) is 19.7 Å². The topological polar surface area (TPSA) is 119 Å². The van der Waals surface area contributed by atoms with Gasteiger partial charge in [-0.15, -0.1) is 0 Å². The van der Waals surface area contributed by atoms with E-state index in [1.165, 1.54) is 19.2 Å². The van der Waals surface area contributed by atoms with Crippen molar-refractivity contribution in [2.75, 3.05) is 16.9 Å². The van der Waals surface area contributed by atoms with Crippen molar-refractivity contribution < 1.29 is 28.8 Å². The van der Waals surface area contributed by atoms with E-state index in [4.69, 9.17) is 9.47 Å². The summed E-state index contributed by atoms with van der Waals surface area (Å²) in [6.07, 6.45) is 2.94. The number of imide groups is 1. The molecule has 4 atom stereocenters. The van der Waals surface area contributed by atoms with Gasteiger partial charge in [-0.2, -0.15) is 0 Å². The Morgan fingerprint density at radius 3 is 2.09 bits per heavy atom. The fraction of sp³-hybridized carbons (Fsp3) is 0.171. The van der Waals surface area contributed by atoms with Crippen LogP contribution >= 0.6 is 0 Å². The number of fused-ring (bicyclic) bond motifs is 5. The molecule has 2 fully saturated rings. The number of nitro benzene ring substituents is 1. The number of rotatable bonds is 7. The van der Waals surface area contributed by atoms with Crippen LogP contribution in [-0.4, -0.2) is 41.9 Å². The highest BCUT2D eigenvalue weighted by molar-refractivity contribution is 6.25. The molecule has 0 N–H and O–H groups in total. The summed E-state index contributed by atoms with van der Waals surface area (Å²) >= 11 is 0. The quantitative estimate of drug-likeness (QED) is 0.121. The van der Waals surface area contributed by atoms with Crippen molar-refractivity contribution in [3.8, 4) is 5.75 Å². The number of nitrogens with zero attached hydrogens (tertiary/aromatic N) is 3. The van der Waals surface area contributed by atoms with Crippen molar-refractivity contribution in [1.82, 2.24) is 0 Å². The van der Waals surface area contributed by atoms with Gasteiger partial charge in [-0.25, -0.2) is 9.69 Å². The molecule has 45 heavy (non-hydrogen) atoms. The van der Waals surface area contributed by atoms with E-state index in [2.05, 4.69) is 0 Å². The third kappa shape index (κ3) is 4.53. The van der Waals surface area contributed by atoms with Crippen molar-refractivity contribution in [3.05, 3.63) is 136 Å². The SMILES string of the molecule is COc1ccc([N+](=O)[O-])cc1N1C(=O)[C@@H]2[C@@H](C1=O)[C@@H](C(=O)OC(c1ccccc1)c1ccccc1)N1c3ccccc3C=C[C@H]21. The number of benzene rings is 4. The smallest absolute Gasteiger partial charge is 0.330 e. The van der Waals surface area contributed by atoms with Crippen LogP contribution in [0.1, 0.15) is 22.8 Å². The maximum Gasteiger partial charge on any atom is 0.330 e. The standard InChI is InChI=1S/C35H27N3O7/c1-44-28-19-17-24(38(42)43)20-27(28)37-33(39)29-26-18-16-21-10-8-9-15-25(21)36(26)31(30(29)34(37)40)35(41)45-32(22-11-4-2-5-12-22)23-13-6-3-7-14-23/h2-20,26,29-32H,1H3/t26-,29+,30-,31+/m1/s1. The number of nitro groups is 1. The molecule has 0 unspecified atom stereocenters. The fourth-order valence-corrected chi connectivity index (χ4v) is 6.76. The molecule has 224 valence electrons. The summed E-state index contributed by atoms with van der Waals surface area (Å²) in [5.74, 6) is -3.83. The van der Waals surface area contributed by atoms with E-state index >= 15 is 0 Å². The first-order valence-electron chi connectivity index (χ1n) is 14.4. The Bertz CT molecular complexity index is 1820. The van der Waals surface area contributed by atoms with E-state index in [0.29, 0.717) is 5.69 Å². The summed E-state index contributed by atoms with van der Waals surface area (Å²) in [6, 6.07) is 28.0. The molecule has 10 nitrogen and oxygen atoms in total. The largest absolute Gasteiger partial charge is 0.495 e. The van der Waals surface area contributed by atoms with Gasteiger partial charge >= 0.3 is 5.97 Å². The lowest BCUT2D eigenvalue weighted by Crippen LogP contribution is -2.49. The summed E-state index contributed by atoms with van der Waals surface area (Å²) in [4.78, 5) is 56.8. The van der Waals surface area contributed by atoms with Crippen LogP contribution < -0.4 is 14.5 Å². The van der Waals surface area contributed by atoms with E-state index < -0.39 is 52.7 Å². The van der Waals surface area contributed by atoms with Crippen molar-refractivity contribution in [1.29, 1.82) is 0 Å². The van der Waals surface area contributed by atoms with E-state index in [1.54, 1.807) is 0 Å². The third-order valence-corrected chi connectivity index (χ3v) is 8.71. The molecule has 2 amide bonds. The number of amides is 2. The van der Waals surface area contributed by atoms with E-state index in [9.17, 15) is 24.5 Å². The predicted molar refractivity (Wildman–Crippen MR) is 165 cm³/mol. The van der Waals surface area contributed by atoms with Crippen molar-refractivity contribution in [2.45, 2.75) is 18.2 Å². The van der Waals surface area contributed by atoms with Crippen LogP contribution in [-0.2, 0) is 19.1 Å². The molecule has 3 heterocycles. The summed E-state index contributed by atoms with van der Waals surface area (Å²) in [5, 5.41) is 11.6. The lowest BCUT2D eigenvalue weighted by molar-refractivity contribution is -0.384. The molecule has 4 aromatic rings. The molecule has 0 aromatic heterocycles. The van der Waals surface area contributed by atoms with E-state index in [1.807, 2.05) is 102 Å². The summed E-state index contributed by atoms with van der Waals surface area (Å²) < 4.78 is 11.7. The molecule has 0 spiro atoms. The molecule has 3 aliphatic heterocycles. The molecule has 7 rings (SSSR count). The summed E-state index contributed by atoms with van der Waals surface area (Å²) in [5.41, 5.74) is 2.70. The van der Waals surface area contributed by atoms with Gasteiger partial charge < -0.3 is 14.4 Å². The van der Waals surface area contributed by atoms with Gasteiger partial charge in [-0.05, 0) is 28.8 Å². The number of ether oxygens (including phenoxy) is 2. The van der Waals surface area contributed by atoms with Crippen LogP contribution in [0.2, 0.25) is 0 Å². The maximum atomic E-state index is 14.5. The minimum absolute atomic E-state index is 0.0404. The van der Waals surface area contributed by atoms with Gasteiger partial charge in [-0.1, -0.05) is 91.0 Å². The molecular weight excluding hydrogens is 574 g/mol. The summed E-state index contributed by atoms with van der Waals surface area (Å²) in [6.45, 7) is 0. The van der Waals surface area contributed by atoms with Crippen LogP contribution in [0.3, 0.4) is 0 Å². The molecule has 2 saturated heterocycles. The number of anilines is 2. The second-order valence-corrected chi connectivity index (χ2v) is 11.1. The number of para-hydroxylation sites is 1. The first-order chi connectivity index (χ1) is 21.9. The monoisotopic (exact) mass is 601 g/mol. The van der Waals surface area contributed by atoms with Crippen LogP contribution in [0, 0.1) is 22.0 Å². The minimum atomic E-state index is -1.16. The van der Waals surface area contributed by atoms with Gasteiger partial charge in [0.15, 0.2) is 6.10 Å². The van der Waals surface area contributed by atoms with Gasteiger partial charge in [0.2, 0.25) is 11.8 Å². The fourth-order valence-electron chi connectivity index (χ4n) is 6.76. The number of esters is 1. The van der Waals surface area contributed by atoms with Crippen molar-refractivity contribution in [3.63, 3.8) is 0 Å². The number of methoxy groups -OCH3 is 1. The summed E-state index contributed by atoms with van der Waals surface area (Å²) in [7, 11) is 1.35. The van der Waals surface area contributed by atoms with Gasteiger partial charge in [0.25, 0.3) is 5.69 Å². The number of carbonyl (C=O) groups is 3. The highest BCUT2D eigenvalue weighted by Gasteiger charge is 2.65. The Labute approximate surface area is 258 Å². The molecule has 0 bridgehead atoms. The first kappa shape index (κ1) is 28.0. The molecule has 3 aliphatic rings. The van der Waals surface area contributed by atoms with Crippen molar-refractivity contribution in [2.24, 2.45) is 11.8 Å². The van der Waals surface area contributed by atoms with Gasteiger partial charge in [0, 0.05) is 17.8 Å². The second kappa shape index (κ2) is 11.1. The normalized spacial score (nSPS) is 21.4. The van der Waals surface area contributed by atoms with Crippen molar-refractivity contribution >= 4 is 40.9 Å². The first-order valence-corrected chi connectivity index (χ1v) is 14.4. The zero-order valence-corrected chi connectivity index (χ0v) is 24.1. The Hall–Kier alpha value is -5.77. The molecule has 0 aliphatic carbocycles. The van der Waals surface area contributed by atoms with E-state index in [-0.39, 0.29) is 17.1 Å². The van der Waals surface area contributed by atoms with Gasteiger partial charge in [0.1, 0.15) is 17.5 Å². The average molecular weight is 602 g/mol. The molecule has 0 saturated carbocycles.